The van der Waals surface area contributed by atoms with E-state index in [1.54, 1.807) is 6.92 Å². The Bertz CT molecular complexity index is 1170. The monoisotopic (exact) mass is 444 g/mol. The van der Waals surface area contributed by atoms with Crippen LogP contribution in [0.5, 0.6) is 0 Å². The Hall–Kier alpha value is -3.22. The topological polar surface area (TPSA) is 128 Å². The Labute approximate surface area is 168 Å². The predicted molar refractivity (Wildman–Crippen MR) is 96.7 cm³/mol. The van der Waals surface area contributed by atoms with E-state index >= 15 is 0 Å². The van der Waals surface area contributed by atoms with Gasteiger partial charge in [-0.2, -0.15) is 18.2 Å². The minimum Gasteiger partial charge on any atom is -0.360 e. The van der Waals surface area contributed by atoms with Gasteiger partial charge in [0.25, 0.3) is 0 Å². The third kappa shape index (κ3) is 4.84. The molecule has 9 nitrogen and oxygen atoms in total. The largest absolute Gasteiger partial charge is 0.416 e. The van der Waals surface area contributed by atoms with Crippen molar-refractivity contribution in [2.75, 3.05) is 5.32 Å². The quantitative estimate of drug-likeness (QED) is 0.615. The van der Waals surface area contributed by atoms with E-state index < -0.39 is 38.5 Å². The normalized spacial score (nSPS) is 13.2. The lowest BCUT2D eigenvalue weighted by Crippen LogP contribution is -2.33. The molecular formula is C17H15F3N4O5S. The minimum absolute atomic E-state index is 0.00409. The number of amides is 1. The van der Waals surface area contributed by atoms with Gasteiger partial charge in [-0.05, 0) is 26.0 Å². The number of benzene rings is 1. The molecule has 0 aliphatic rings. The second kappa shape index (κ2) is 7.89. The number of sulfone groups is 1. The molecule has 0 spiro atoms. The predicted octanol–water partition coefficient (Wildman–Crippen LogP) is 2.99. The lowest BCUT2D eigenvalue weighted by molar-refractivity contribution is -0.137. The number of anilines is 1. The second-order valence-corrected chi connectivity index (χ2v) is 8.67. The number of aromatic nitrogens is 3. The third-order valence-electron chi connectivity index (χ3n) is 4.03. The summed E-state index contributed by atoms with van der Waals surface area (Å²) in [6.45, 7) is 2.77. The Morgan fingerprint density at radius 3 is 2.57 bits per heavy atom. The van der Waals surface area contributed by atoms with Crippen molar-refractivity contribution in [2.24, 2.45) is 0 Å². The zero-order chi connectivity index (χ0) is 22.1. The molecule has 3 rings (SSSR count). The average Bonchev–Trinajstić information content (AvgIpc) is 3.29. The molecule has 0 radical (unpaired) electrons. The first kappa shape index (κ1) is 21.5. The number of aryl methyl sites for hydroxylation is 1. The van der Waals surface area contributed by atoms with Crippen LogP contribution in [0.3, 0.4) is 0 Å². The minimum atomic E-state index is -4.56. The number of halogens is 3. The van der Waals surface area contributed by atoms with Crippen molar-refractivity contribution in [3.8, 4) is 11.4 Å². The van der Waals surface area contributed by atoms with Gasteiger partial charge < -0.3 is 14.4 Å². The van der Waals surface area contributed by atoms with Gasteiger partial charge in [-0.1, -0.05) is 22.4 Å². The molecule has 2 aromatic heterocycles. The van der Waals surface area contributed by atoms with Crippen LogP contribution >= 0.6 is 0 Å². The number of carbonyl (C=O) groups is 1. The molecule has 3 aromatic rings. The summed E-state index contributed by atoms with van der Waals surface area (Å²) >= 11 is 0. The number of nitrogens with one attached hydrogen (secondary N) is 1. The summed E-state index contributed by atoms with van der Waals surface area (Å²) in [7, 11) is -4.07. The fourth-order valence-corrected chi connectivity index (χ4v) is 3.48. The highest BCUT2D eigenvalue weighted by atomic mass is 32.2. The Morgan fingerprint density at radius 2 is 1.93 bits per heavy atom. The van der Waals surface area contributed by atoms with Crippen molar-refractivity contribution >= 4 is 21.6 Å². The molecule has 1 atom stereocenters. The molecule has 1 amide bonds. The van der Waals surface area contributed by atoms with Gasteiger partial charge in [0.1, 0.15) is 16.8 Å². The van der Waals surface area contributed by atoms with Gasteiger partial charge in [-0.25, -0.2) is 8.42 Å². The smallest absolute Gasteiger partial charge is 0.360 e. The molecule has 0 aliphatic carbocycles. The van der Waals surface area contributed by atoms with Crippen molar-refractivity contribution in [3.05, 3.63) is 47.5 Å². The van der Waals surface area contributed by atoms with Crippen molar-refractivity contribution in [2.45, 2.75) is 31.0 Å². The zero-order valence-corrected chi connectivity index (χ0v) is 16.4. The fourth-order valence-electron chi connectivity index (χ4n) is 2.38. The van der Waals surface area contributed by atoms with E-state index in [0.29, 0.717) is 5.76 Å². The van der Waals surface area contributed by atoms with Crippen LogP contribution in [0.15, 0.2) is 39.4 Å². The van der Waals surface area contributed by atoms with Gasteiger partial charge in [-0.3, -0.25) is 4.79 Å². The van der Waals surface area contributed by atoms with Gasteiger partial charge in [0.2, 0.25) is 17.6 Å². The van der Waals surface area contributed by atoms with Crippen LogP contribution in [-0.4, -0.2) is 34.9 Å². The third-order valence-corrected chi connectivity index (χ3v) is 5.97. The summed E-state index contributed by atoms with van der Waals surface area (Å²) in [4.78, 5) is 16.0. The van der Waals surface area contributed by atoms with E-state index in [1.165, 1.54) is 25.1 Å². The summed E-state index contributed by atoms with van der Waals surface area (Å²) < 4.78 is 73.1. The first-order chi connectivity index (χ1) is 14.0. The lowest BCUT2D eigenvalue weighted by atomic mass is 10.1. The van der Waals surface area contributed by atoms with Crippen LogP contribution in [0.25, 0.3) is 11.4 Å². The van der Waals surface area contributed by atoms with Gasteiger partial charge in [-0.15, -0.1) is 0 Å². The van der Waals surface area contributed by atoms with E-state index in [2.05, 4.69) is 20.6 Å². The molecule has 0 saturated carbocycles. The molecule has 1 N–H and O–H groups in total. The van der Waals surface area contributed by atoms with Gasteiger partial charge in [0.05, 0.1) is 5.56 Å². The average molecular weight is 444 g/mol. The van der Waals surface area contributed by atoms with Crippen molar-refractivity contribution in [3.63, 3.8) is 0 Å². The van der Waals surface area contributed by atoms with E-state index in [1.807, 2.05) is 0 Å². The van der Waals surface area contributed by atoms with Crippen molar-refractivity contribution in [1.29, 1.82) is 0 Å². The molecule has 2 heterocycles. The maximum Gasteiger partial charge on any atom is 0.416 e. The summed E-state index contributed by atoms with van der Waals surface area (Å²) in [6.07, 6.45) is -4.56. The van der Waals surface area contributed by atoms with Crippen molar-refractivity contribution in [1.82, 2.24) is 15.3 Å². The number of hydrogen-bond acceptors (Lipinski definition) is 8. The van der Waals surface area contributed by atoms with Crippen molar-refractivity contribution < 1.29 is 35.4 Å². The highest BCUT2D eigenvalue weighted by molar-refractivity contribution is 7.92. The maximum absolute atomic E-state index is 12.8. The van der Waals surface area contributed by atoms with E-state index in [0.717, 1.165) is 12.1 Å². The number of nitrogens with zero attached hydrogens (tertiary/aromatic N) is 3. The first-order valence-electron chi connectivity index (χ1n) is 8.41. The second-order valence-electron chi connectivity index (χ2n) is 6.35. The molecule has 160 valence electrons. The molecule has 30 heavy (non-hydrogen) atoms. The number of carbonyl (C=O) groups excluding carboxylic acids is 1. The molecule has 0 aliphatic heterocycles. The molecule has 1 aromatic carbocycles. The lowest BCUT2D eigenvalue weighted by Gasteiger charge is -2.10. The van der Waals surface area contributed by atoms with E-state index in [9.17, 15) is 26.4 Å². The fraction of sp³-hybridized carbons (Fsp3) is 0.294. The van der Waals surface area contributed by atoms with Gasteiger partial charge >= 0.3 is 6.18 Å². The maximum atomic E-state index is 12.8. The Morgan fingerprint density at radius 1 is 1.20 bits per heavy atom. The highest BCUT2D eigenvalue weighted by Crippen LogP contribution is 2.31. The first-order valence-corrected chi connectivity index (χ1v) is 10.1. The molecular weight excluding hydrogens is 429 g/mol. The summed E-state index contributed by atoms with van der Waals surface area (Å²) in [5.41, 5.74) is -0.906. The van der Waals surface area contributed by atoms with Crippen LogP contribution in [0.2, 0.25) is 0 Å². The Kier molecular flexibility index (Phi) is 5.65. The molecule has 1 unspecified atom stereocenters. The molecule has 0 bridgehead atoms. The summed E-state index contributed by atoms with van der Waals surface area (Å²) in [5, 5.41) is 7.89. The summed E-state index contributed by atoms with van der Waals surface area (Å²) in [5.74, 6) is -1.70. The van der Waals surface area contributed by atoms with Gasteiger partial charge in [0.15, 0.2) is 15.7 Å². The number of alkyl halides is 3. The number of hydrogen-bond donors (Lipinski definition) is 1. The molecule has 0 fully saturated rings. The van der Waals surface area contributed by atoms with Gasteiger partial charge in [0, 0.05) is 11.6 Å². The standard InChI is InChI=1S/C17H15F3N4O5S/c1-9-6-13(23-28-9)21-16(25)10(2)30(26,27)8-14-22-15(24-29-14)11-4-3-5-12(7-11)17(18,19)20/h3-7,10H,8H2,1-2H3,(H,21,23,25). The van der Waals surface area contributed by atoms with E-state index in [4.69, 9.17) is 9.05 Å². The van der Waals surface area contributed by atoms with Crippen LogP contribution in [-0.2, 0) is 26.6 Å². The van der Waals surface area contributed by atoms with E-state index in [-0.39, 0.29) is 23.1 Å². The Balaban J connectivity index is 1.73. The molecule has 0 saturated heterocycles. The number of rotatable bonds is 6. The molecule has 13 heteroatoms. The van der Waals surface area contributed by atoms with Crippen LogP contribution in [0, 0.1) is 6.92 Å². The zero-order valence-electron chi connectivity index (χ0n) is 15.6. The highest BCUT2D eigenvalue weighted by Gasteiger charge is 2.32. The van der Waals surface area contributed by atoms with Crippen LogP contribution < -0.4 is 5.32 Å². The van der Waals surface area contributed by atoms with Crippen LogP contribution in [0.4, 0.5) is 19.0 Å². The summed E-state index contributed by atoms with van der Waals surface area (Å²) in [6, 6.07) is 5.61. The van der Waals surface area contributed by atoms with Crippen LogP contribution in [0.1, 0.15) is 24.1 Å². The SMILES string of the molecule is Cc1cc(NC(=O)C(C)S(=O)(=O)Cc2nc(-c3cccc(C(F)(F)F)c3)no2)no1.